The third-order valence-electron chi connectivity index (χ3n) is 2.44. The third kappa shape index (κ3) is 3.78. The molecule has 0 atom stereocenters. The Morgan fingerprint density at radius 1 is 1.53 bits per heavy atom. The van der Waals surface area contributed by atoms with Crippen molar-refractivity contribution in [1.29, 1.82) is 0 Å². The molecule has 0 radical (unpaired) electrons. The van der Waals surface area contributed by atoms with Crippen LogP contribution in [0.2, 0.25) is 0 Å². The molecule has 3 nitrogen and oxygen atoms in total. The summed E-state index contributed by atoms with van der Waals surface area (Å²) in [6.07, 6.45) is 0.838. The van der Waals surface area contributed by atoms with E-state index in [4.69, 9.17) is 0 Å². The minimum atomic E-state index is -0.496. The van der Waals surface area contributed by atoms with E-state index in [0.29, 0.717) is 11.0 Å². The van der Waals surface area contributed by atoms with Gasteiger partial charge in [-0.1, -0.05) is 6.07 Å². The van der Waals surface area contributed by atoms with Crippen LogP contribution in [0.15, 0.2) is 22.7 Å². The van der Waals surface area contributed by atoms with E-state index in [1.165, 1.54) is 11.0 Å². The van der Waals surface area contributed by atoms with Gasteiger partial charge in [0.1, 0.15) is 5.82 Å². The van der Waals surface area contributed by atoms with Crippen LogP contribution in [0.25, 0.3) is 0 Å². The fourth-order valence-corrected chi connectivity index (χ4v) is 2.00. The Balaban J connectivity index is 2.75. The van der Waals surface area contributed by atoms with Gasteiger partial charge >= 0.3 is 0 Å². The number of carbonyl (C=O) groups is 1. The van der Waals surface area contributed by atoms with Crippen molar-refractivity contribution in [2.24, 2.45) is 0 Å². The molecule has 0 spiro atoms. The maximum atomic E-state index is 13.6. The molecule has 0 aliphatic heterocycles. The van der Waals surface area contributed by atoms with Crippen molar-refractivity contribution in [1.82, 2.24) is 10.2 Å². The van der Waals surface area contributed by atoms with Crippen LogP contribution >= 0.6 is 15.9 Å². The molecule has 0 fully saturated rings. The third-order valence-corrected chi connectivity index (χ3v) is 3.10. The summed E-state index contributed by atoms with van der Waals surface area (Å²) in [6, 6.07) is 4.52. The van der Waals surface area contributed by atoms with Gasteiger partial charge < -0.3 is 10.2 Å². The van der Waals surface area contributed by atoms with Gasteiger partial charge in [0.15, 0.2) is 0 Å². The lowest BCUT2D eigenvalue weighted by atomic mass is 10.2. The second-order valence-electron chi connectivity index (χ2n) is 3.78. The van der Waals surface area contributed by atoms with Crippen molar-refractivity contribution in [3.05, 3.63) is 34.1 Å². The molecule has 1 rings (SSSR count). The lowest BCUT2D eigenvalue weighted by Crippen LogP contribution is -2.30. The van der Waals surface area contributed by atoms with E-state index in [1.807, 2.05) is 7.05 Å². The standard InChI is InChI=1S/C12H16BrFN2O/c1-15-7-4-8-16(2)12(17)11-9(13)5-3-6-10(11)14/h3,5-6,15H,4,7-8H2,1-2H3. The first-order chi connectivity index (χ1) is 8.07. The molecule has 0 saturated heterocycles. The largest absolute Gasteiger partial charge is 0.342 e. The molecule has 0 heterocycles. The van der Waals surface area contributed by atoms with Crippen LogP contribution in [0.5, 0.6) is 0 Å². The molecule has 0 aliphatic carbocycles. The molecule has 0 aliphatic rings. The first-order valence-corrected chi connectivity index (χ1v) is 6.21. The maximum Gasteiger partial charge on any atom is 0.257 e. The van der Waals surface area contributed by atoms with Gasteiger partial charge in [0.2, 0.25) is 0 Å². The molecule has 1 aromatic rings. The van der Waals surface area contributed by atoms with Crippen molar-refractivity contribution >= 4 is 21.8 Å². The number of carbonyl (C=O) groups excluding carboxylic acids is 1. The molecule has 0 bridgehead atoms. The molecule has 1 aromatic carbocycles. The van der Waals surface area contributed by atoms with E-state index in [-0.39, 0.29) is 11.5 Å². The van der Waals surface area contributed by atoms with E-state index in [9.17, 15) is 9.18 Å². The number of rotatable bonds is 5. The zero-order valence-electron chi connectivity index (χ0n) is 9.96. The van der Waals surface area contributed by atoms with Crippen molar-refractivity contribution < 1.29 is 9.18 Å². The highest BCUT2D eigenvalue weighted by Crippen LogP contribution is 2.20. The summed E-state index contributed by atoms with van der Waals surface area (Å²) in [7, 11) is 3.53. The summed E-state index contributed by atoms with van der Waals surface area (Å²) in [5.41, 5.74) is 0.0967. The second kappa shape index (κ2) is 6.71. The summed E-state index contributed by atoms with van der Waals surface area (Å²) in [5.74, 6) is -0.795. The number of amides is 1. The normalized spacial score (nSPS) is 10.4. The van der Waals surface area contributed by atoms with Crippen molar-refractivity contribution in [2.75, 3.05) is 27.2 Å². The van der Waals surface area contributed by atoms with Gasteiger partial charge in [0.25, 0.3) is 5.91 Å². The smallest absolute Gasteiger partial charge is 0.257 e. The zero-order valence-corrected chi connectivity index (χ0v) is 11.6. The fraction of sp³-hybridized carbons (Fsp3) is 0.417. The van der Waals surface area contributed by atoms with Crippen LogP contribution in [0.1, 0.15) is 16.8 Å². The minimum Gasteiger partial charge on any atom is -0.342 e. The highest BCUT2D eigenvalue weighted by atomic mass is 79.9. The number of hydrogen-bond donors (Lipinski definition) is 1. The maximum absolute atomic E-state index is 13.6. The zero-order chi connectivity index (χ0) is 12.8. The lowest BCUT2D eigenvalue weighted by molar-refractivity contribution is 0.0788. The quantitative estimate of drug-likeness (QED) is 0.846. The van der Waals surface area contributed by atoms with Crippen LogP contribution < -0.4 is 5.32 Å². The number of nitrogens with one attached hydrogen (secondary N) is 1. The minimum absolute atomic E-state index is 0.0967. The van der Waals surface area contributed by atoms with Crippen LogP contribution in [-0.2, 0) is 0 Å². The summed E-state index contributed by atoms with van der Waals surface area (Å²) < 4.78 is 14.0. The predicted octanol–water partition coefficient (Wildman–Crippen LogP) is 2.27. The topological polar surface area (TPSA) is 32.3 Å². The monoisotopic (exact) mass is 302 g/mol. The van der Waals surface area contributed by atoms with Gasteiger partial charge in [-0.2, -0.15) is 0 Å². The molecule has 0 saturated carbocycles. The van der Waals surface area contributed by atoms with Crippen LogP contribution in [0, 0.1) is 5.82 Å². The first kappa shape index (κ1) is 14.1. The van der Waals surface area contributed by atoms with Crippen LogP contribution in [-0.4, -0.2) is 38.0 Å². The summed E-state index contributed by atoms with van der Waals surface area (Å²) in [5, 5.41) is 3.00. The molecule has 0 unspecified atom stereocenters. The average Bonchev–Trinajstić information content (AvgIpc) is 2.28. The Kier molecular flexibility index (Phi) is 5.58. The van der Waals surface area contributed by atoms with Gasteiger partial charge in [-0.05, 0) is 48.1 Å². The summed E-state index contributed by atoms with van der Waals surface area (Å²) in [4.78, 5) is 13.5. The van der Waals surface area contributed by atoms with E-state index >= 15 is 0 Å². The Hall–Kier alpha value is -0.940. The van der Waals surface area contributed by atoms with Crippen molar-refractivity contribution in [2.45, 2.75) is 6.42 Å². The van der Waals surface area contributed by atoms with Crippen molar-refractivity contribution in [3.8, 4) is 0 Å². The number of hydrogen-bond acceptors (Lipinski definition) is 2. The Labute approximate surface area is 109 Å². The van der Waals surface area contributed by atoms with Crippen molar-refractivity contribution in [3.63, 3.8) is 0 Å². The molecule has 5 heteroatoms. The van der Waals surface area contributed by atoms with Gasteiger partial charge in [0, 0.05) is 18.1 Å². The highest BCUT2D eigenvalue weighted by molar-refractivity contribution is 9.10. The van der Waals surface area contributed by atoms with Crippen LogP contribution in [0.3, 0.4) is 0 Å². The van der Waals surface area contributed by atoms with E-state index in [2.05, 4.69) is 21.2 Å². The molecule has 1 N–H and O–H groups in total. The summed E-state index contributed by atoms with van der Waals surface area (Å²) >= 11 is 3.20. The number of halogens is 2. The van der Waals surface area contributed by atoms with Gasteiger partial charge in [0.05, 0.1) is 5.56 Å². The molecular formula is C12H16BrFN2O. The van der Waals surface area contributed by atoms with Gasteiger partial charge in [-0.3, -0.25) is 4.79 Å². The van der Waals surface area contributed by atoms with Gasteiger partial charge in [-0.15, -0.1) is 0 Å². The fourth-order valence-electron chi connectivity index (χ4n) is 1.49. The van der Waals surface area contributed by atoms with Crippen LogP contribution in [0.4, 0.5) is 4.39 Å². The first-order valence-electron chi connectivity index (χ1n) is 5.42. The molecular weight excluding hydrogens is 287 g/mol. The van der Waals surface area contributed by atoms with E-state index < -0.39 is 5.82 Å². The molecule has 0 aromatic heterocycles. The Morgan fingerprint density at radius 2 is 2.24 bits per heavy atom. The number of benzene rings is 1. The number of nitrogens with zero attached hydrogens (tertiary/aromatic N) is 1. The molecule has 94 valence electrons. The molecule has 1 amide bonds. The molecule has 17 heavy (non-hydrogen) atoms. The Morgan fingerprint density at radius 3 is 2.82 bits per heavy atom. The lowest BCUT2D eigenvalue weighted by Gasteiger charge is -2.18. The van der Waals surface area contributed by atoms with Gasteiger partial charge in [-0.25, -0.2) is 4.39 Å². The second-order valence-corrected chi connectivity index (χ2v) is 4.63. The highest BCUT2D eigenvalue weighted by Gasteiger charge is 2.18. The van der Waals surface area contributed by atoms with E-state index in [1.54, 1.807) is 19.2 Å². The summed E-state index contributed by atoms with van der Waals surface area (Å²) in [6.45, 7) is 1.43. The SMILES string of the molecule is CNCCCN(C)C(=O)c1c(F)cccc1Br. The Bertz CT molecular complexity index is 378. The predicted molar refractivity (Wildman–Crippen MR) is 69.6 cm³/mol. The van der Waals surface area contributed by atoms with E-state index in [0.717, 1.165) is 13.0 Å². The average molecular weight is 303 g/mol.